The molecule has 2 aliphatic heterocycles. The largest absolute Gasteiger partial charge is 0.351 e. The van der Waals surface area contributed by atoms with Crippen LogP contribution in [0.1, 0.15) is 30.6 Å². The Kier molecular flexibility index (Phi) is 7.11. The molecule has 0 saturated heterocycles. The molecule has 1 aromatic carbocycles. The molecule has 7 nitrogen and oxygen atoms in total. The molecule has 2 heterocycles. The third-order valence-electron chi connectivity index (χ3n) is 4.83. The summed E-state index contributed by atoms with van der Waals surface area (Å²) in [5, 5.41) is 8.80. The summed E-state index contributed by atoms with van der Waals surface area (Å²) in [6, 6.07) is 6.99. The normalized spacial score (nSPS) is 15.3. The molecule has 2 N–H and O–H groups in total. The SMILES string of the molecule is CCN(CC)CCNC(=O)c1ccc(NC(=O)CC2=CSC3=NCCN23)cc1. The molecule has 0 saturated carbocycles. The molecule has 2 aliphatic rings. The van der Waals surface area contributed by atoms with Crippen molar-refractivity contribution >= 4 is 34.4 Å². The Morgan fingerprint density at radius 2 is 1.96 bits per heavy atom. The summed E-state index contributed by atoms with van der Waals surface area (Å²) in [6.45, 7) is 9.26. The molecule has 0 bridgehead atoms. The van der Waals surface area contributed by atoms with Crippen LogP contribution in [0.5, 0.6) is 0 Å². The number of aliphatic imine (C=N–C) groups is 1. The number of likely N-dealkylation sites (N-methyl/N-ethyl adjacent to an activating group) is 1. The zero-order valence-corrected chi connectivity index (χ0v) is 17.2. The lowest BCUT2D eigenvalue weighted by atomic mass is 10.2. The molecule has 0 aliphatic carbocycles. The fraction of sp³-hybridized carbons (Fsp3) is 0.450. The van der Waals surface area contributed by atoms with Gasteiger partial charge in [-0.15, -0.1) is 0 Å². The summed E-state index contributed by atoms with van der Waals surface area (Å²) >= 11 is 1.57. The van der Waals surface area contributed by atoms with Crippen LogP contribution < -0.4 is 10.6 Å². The van der Waals surface area contributed by atoms with Crippen LogP contribution in [0.2, 0.25) is 0 Å². The van der Waals surface area contributed by atoms with Crippen molar-refractivity contribution in [3.63, 3.8) is 0 Å². The van der Waals surface area contributed by atoms with Crippen molar-refractivity contribution < 1.29 is 9.59 Å². The molecule has 2 amide bonds. The van der Waals surface area contributed by atoms with Crippen molar-refractivity contribution in [2.45, 2.75) is 20.3 Å². The number of benzene rings is 1. The molecule has 0 spiro atoms. The minimum Gasteiger partial charge on any atom is -0.351 e. The van der Waals surface area contributed by atoms with Gasteiger partial charge < -0.3 is 20.4 Å². The number of rotatable bonds is 9. The quantitative estimate of drug-likeness (QED) is 0.664. The lowest BCUT2D eigenvalue weighted by Gasteiger charge is -2.18. The standard InChI is InChI=1S/C20H27N5O2S/c1-3-24(4-2)11-9-21-19(27)15-5-7-16(8-6-15)23-18(26)13-17-14-28-20-22-10-12-25(17)20/h5-8,14H,3-4,9-13H2,1-2H3,(H,21,27)(H,23,26). The van der Waals surface area contributed by atoms with Crippen molar-refractivity contribution in [2.75, 3.05) is 44.6 Å². The van der Waals surface area contributed by atoms with E-state index in [0.29, 0.717) is 24.2 Å². The highest BCUT2D eigenvalue weighted by atomic mass is 32.2. The minimum absolute atomic E-state index is 0.0728. The lowest BCUT2D eigenvalue weighted by molar-refractivity contribution is -0.115. The number of hydrogen-bond acceptors (Lipinski definition) is 6. The highest BCUT2D eigenvalue weighted by Crippen LogP contribution is 2.30. The smallest absolute Gasteiger partial charge is 0.251 e. The summed E-state index contributed by atoms with van der Waals surface area (Å²) in [7, 11) is 0. The molecule has 0 unspecified atom stereocenters. The molecule has 0 aromatic heterocycles. The number of thioether (sulfide) groups is 1. The van der Waals surface area contributed by atoms with Crippen molar-refractivity contribution in [3.8, 4) is 0 Å². The van der Waals surface area contributed by atoms with Gasteiger partial charge in [-0.05, 0) is 42.8 Å². The Morgan fingerprint density at radius 3 is 2.68 bits per heavy atom. The van der Waals surface area contributed by atoms with E-state index in [1.165, 1.54) is 0 Å². The topological polar surface area (TPSA) is 77.0 Å². The molecule has 0 radical (unpaired) electrons. The van der Waals surface area contributed by atoms with Gasteiger partial charge in [-0.25, -0.2) is 0 Å². The van der Waals surface area contributed by atoms with Gasteiger partial charge in [0.15, 0.2) is 5.17 Å². The number of carbonyl (C=O) groups excluding carboxylic acids is 2. The predicted molar refractivity (Wildman–Crippen MR) is 114 cm³/mol. The third-order valence-corrected chi connectivity index (χ3v) is 5.78. The molecule has 28 heavy (non-hydrogen) atoms. The summed E-state index contributed by atoms with van der Waals surface area (Å²) in [5.74, 6) is -0.171. The van der Waals surface area contributed by atoms with Crippen LogP contribution in [-0.4, -0.2) is 66.1 Å². The fourth-order valence-corrected chi connectivity index (χ4v) is 4.11. The molecule has 0 fully saturated rings. The van der Waals surface area contributed by atoms with Crippen LogP contribution in [0.3, 0.4) is 0 Å². The molecule has 8 heteroatoms. The van der Waals surface area contributed by atoms with Crippen molar-refractivity contribution in [1.82, 2.24) is 15.1 Å². The van der Waals surface area contributed by atoms with E-state index in [9.17, 15) is 9.59 Å². The number of hydrogen-bond donors (Lipinski definition) is 2. The van der Waals surface area contributed by atoms with Gasteiger partial charge in [0.25, 0.3) is 5.91 Å². The third kappa shape index (κ3) is 5.14. The van der Waals surface area contributed by atoms with Gasteiger partial charge in [0.1, 0.15) is 0 Å². The van der Waals surface area contributed by atoms with Crippen LogP contribution in [0.25, 0.3) is 0 Å². The van der Waals surface area contributed by atoms with E-state index < -0.39 is 0 Å². The van der Waals surface area contributed by atoms with Crippen LogP contribution in [-0.2, 0) is 4.79 Å². The van der Waals surface area contributed by atoms with Crippen molar-refractivity contribution in [3.05, 3.63) is 40.9 Å². The van der Waals surface area contributed by atoms with E-state index >= 15 is 0 Å². The minimum atomic E-state index is -0.0981. The fourth-order valence-electron chi connectivity index (χ4n) is 3.16. The number of nitrogens with one attached hydrogen (secondary N) is 2. The van der Waals surface area contributed by atoms with Gasteiger partial charge in [-0.3, -0.25) is 14.6 Å². The summed E-state index contributed by atoms with van der Waals surface area (Å²) in [6.07, 6.45) is 0.319. The molecule has 0 atom stereocenters. The van der Waals surface area contributed by atoms with Gasteiger partial charge in [-0.1, -0.05) is 25.6 Å². The Balaban J connectivity index is 1.45. The number of anilines is 1. The van der Waals surface area contributed by atoms with Crippen molar-refractivity contribution in [1.29, 1.82) is 0 Å². The first-order valence-electron chi connectivity index (χ1n) is 9.68. The second kappa shape index (κ2) is 9.75. The van der Waals surface area contributed by atoms with E-state index in [1.54, 1.807) is 36.0 Å². The zero-order chi connectivity index (χ0) is 19.9. The van der Waals surface area contributed by atoms with Gasteiger partial charge in [0.05, 0.1) is 13.0 Å². The Hall–Kier alpha value is -2.32. The molecule has 150 valence electrons. The number of amides is 2. The zero-order valence-electron chi connectivity index (χ0n) is 16.4. The first kappa shape index (κ1) is 20.4. The first-order valence-corrected chi connectivity index (χ1v) is 10.6. The van der Waals surface area contributed by atoms with E-state index in [0.717, 1.165) is 43.6 Å². The molecule has 3 rings (SSSR count). The number of nitrogens with zero attached hydrogens (tertiary/aromatic N) is 3. The summed E-state index contributed by atoms with van der Waals surface area (Å²) in [5.41, 5.74) is 2.26. The summed E-state index contributed by atoms with van der Waals surface area (Å²) in [4.78, 5) is 33.3. The average Bonchev–Trinajstić information content (AvgIpc) is 3.31. The Bertz CT molecular complexity index is 771. The second-order valence-corrected chi connectivity index (χ2v) is 7.46. The average molecular weight is 402 g/mol. The van der Waals surface area contributed by atoms with E-state index in [-0.39, 0.29) is 11.8 Å². The maximum atomic E-state index is 12.3. The summed E-state index contributed by atoms with van der Waals surface area (Å²) < 4.78 is 0. The van der Waals surface area contributed by atoms with Gasteiger partial charge >= 0.3 is 0 Å². The van der Waals surface area contributed by atoms with Gasteiger partial charge in [0, 0.05) is 36.6 Å². The first-order chi connectivity index (χ1) is 13.6. The van der Waals surface area contributed by atoms with E-state index in [2.05, 4.69) is 39.3 Å². The van der Waals surface area contributed by atoms with E-state index in [4.69, 9.17) is 0 Å². The van der Waals surface area contributed by atoms with Crippen LogP contribution in [0, 0.1) is 0 Å². The van der Waals surface area contributed by atoms with Gasteiger partial charge in [-0.2, -0.15) is 0 Å². The number of carbonyl (C=O) groups is 2. The molecule has 1 aromatic rings. The van der Waals surface area contributed by atoms with Crippen molar-refractivity contribution in [2.24, 2.45) is 4.99 Å². The van der Waals surface area contributed by atoms with Crippen LogP contribution in [0.4, 0.5) is 5.69 Å². The maximum absolute atomic E-state index is 12.3. The monoisotopic (exact) mass is 401 g/mol. The molecular weight excluding hydrogens is 374 g/mol. The van der Waals surface area contributed by atoms with Crippen LogP contribution >= 0.6 is 11.8 Å². The van der Waals surface area contributed by atoms with E-state index in [1.807, 2.05) is 5.41 Å². The van der Waals surface area contributed by atoms with Crippen LogP contribution in [0.15, 0.2) is 40.4 Å². The Labute approximate surface area is 170 Å². The Morgan fingerprint density at radius 1 is 1.21 bits per heavy atom. The second-order valence-electron chi connectivity index (χ2n) is 6.63. The highest BCUT2D eigenvalue weighted by Gasteiger charge is 2.27. The highest BCUT2D eigenvalue weighted by molar-refractivity contribution is 8.16. The molecular formula is C20H27N5O2S. The van der Waals surface area contributed by atoms with Gasteiger partial charge in [0.2, 0.25) is 5.91 Å². The predicted octanol–water partition coefficient (Wildman–Crippen LogP) is 2.35. The maximum Gasteiger partial charge on any atom is 0.251 e. The lowest BCUT2D eigenvalue weighted by Crippen LogP contribution is -2.34. The number of amidine groups is 1. The number of fused-ring (bicyclic) bond motifs is 1.